The van der Waals surface area contributed by atoms with E-state index >= 15 is 0 Å². The van der Waals surface area contributed by atoms with Crippen LogP contribution in [0.3, 0.4) is 0 Å². The van der Waals surface area contributed by atoms with E-state index in [-0.39, 0.29) is 0 Å². The molecule has 0 saturated heterocycles. The van der Waals surface area contributed by atoms with Crippen molar-refractivity contribution >= 4 is 39.0 Å². The van der Waals surface area contributed by atoms with Crippen LogP contribution in [0, 0.1) is 5.92 Å². The van der Waals surface area contributed by atoms with Crippen molar-refractivity contribution in [2.45, 2.75) is 32.2 Å². The number of rotatable bonds is 4. The summed E-state index contributed by atoms with van der Waals surface area (Å²) in [6.45, 7) is 2.20. The zero-order valence-electron chi connectivity index (χ0n) is 9.61. The Kier molecular flexibility index (Phi) is 2.92. The van der Waals surface area contributed by atoms with Crippen molar-refractivity contribution in [3.05, 3.63) is 16.7 Å². The van der Waals surface area contributed by atoms with Crippen LogP contribution in [0.15, 0.2) is 11.4 Å². The quantitative estimate of drug-likeness (QED) is 0.853. The highest BCUT2D eigenvalue weighted by Gasteiger charge is 2.24. The molecule has 0 aliphatic heterocycles. The second-order valence-electron chi connectivity index (χ2n) is 4.71. The van der Waals surface area contributed by atoms with E-state index in [2.05, 4.69) is 22.2 Å². The van der Waals surface area contributed by atoms with Gasteiger partial charge in [-0.3, -0.25) is 0 Å². The van der Waals surface area contributed by atoms with Gasteiger partial charge < -0.3 is 5.32 Å². The third kappa shape index (κ3) is 2.53. The van der Waals surface area contributed by atoms with Gasteiger partial charge in [0.25, 0.3) is 0 Å². The smallest absolute Gasteiger partial charge is 0.225 e. The summed E-state index contributed by atoms with van der Waals surface area (Å²) < 4.78 is 0. The maximum atomic E-state index is 5.93. The minimum Gasteiger partial charge on any atom is -0.367 e. The molecule has 0 aromatic carbocycles. The highest BCUT2D eigenvalue weighted by Crippen LogP contribution is 2.34. The molecular formula is C12H14ClN3S. The molecule has 1 atom stereocenters. The van der Waals surface area contributed by atoms with E-state index in [4.69, 9.17) is 11.6 Å². The van der Waals surface area contributed by atoms with E-state index in [0.717, 1.165) is 22.0 Å². The normalized spacial score (nSPS) is 17.3. The molecule has 2 heterocycles. The molecular weight excluding hydrogens is 254 g/mol. The minimum atomic E-state index is 0.320. The molecule has 0 spiro atoms. The van der Waals surface area contributed by atoms with Gasteiger partial charge >= 0.3 is 0 Å². The van der Waals surface area contributed by atoms with Crippen LogP contribution < -0.4 is 5.32 Å². The summed E-state index contributed by atoms with van der Waals surface area (Å²) in [5.74, 6) is 1.78. The average Bonchev–Trinajstić information content (AvgIpc) is 2.94. The van der Waals surface area contributed by atoms with Gasteiger partial charge in [-0.15, -0.1) is 11.3 Å². The van der Waals surface area contributed by atoms with Crippen LogP contribution in [-0.4, -0.2) is 16.0 Å². The predicted octanol–water partition coefficient (Wildman–Crippen LogP) is 3.95. The molecule has 3 rings (SSSR count). The fraction of sp³-hybridized carbons (Fsp3) is 0.500. The van der Waals surface area contributed by atoms with Gasteiger partial charge in [-0.25, -0.2) is 9.97 Å². The Balaban J connectivity index is 1.84. The monoisotopic (exact) mass is 267 g/mol. The molecule has 1 N–H and O–H groups in total. The Morgan fingerprint density at radius 3 is 3.12 bits per heavy atom. The zero-order chi connectivity index (χ0) is 11.8. The first kappa shape index (κ1) is 11.2. The highest BCUT2D eigenvalue weighted by atomic mass is 35.5. The first-order valence-electron chi connectivity index (χ1n) is 5.89. The van der Waals surface area contributed by atoms with Gasteiger partial charge in [-0.1, -0.05) is 12.8 Å². The van der Waals surface area contributed by atoms with E-state index in [1.54, 1.807) is 11.3 Å². The fourth-order valence-corrected chi connectivity index (χ4v) is 3.07. The van der Waals surface area contributed by atoms with Crippen LogP contribution in [0.5, 0.6) is 0 Å². The lowest BCUT2D eigenvalue weighted by molar-refractivity contribution is 0.640. The SMILES string of the molecule is CC(CC1CC1)Nc1nc(Cl)nc2sccc12. The van der Waals surface area contributed by atoms with Gasteiger partial charge in [0.05, 0.1) is 5.39 Å². The lowest BCUT2D eigenvalue weighted by Crippen LogP contribution is -2.17. The van der Waals surface area contributed by atoms with Gasteiger partial charge in [-0.2, -0.15) is 0 Å². The number of halogens is 1. The van der Waals surface area contributed by atoms with Crippen molar-refractivity contribution in [2.24, 2.45) is 5.92 Å². The van der Waals surface area contributed by atoms with Crippen molar-refractivity contribution in [3.8, 4) is 0 Å². The van der Waals surface area contributed by atoms with Crippen LogP contribution in [0.2, 0.25) is 5.28 Å². The molecule has 3 nitrogen and oxygen atoms in total. The maximum absolute atomic E-state index is 5.93. The van der Waals surface area contributed by atoms with Crippen LogP contribution in [0.25, 0.3) is 10.2 Å². The van der Waals surface area contributed by atoms with Crippen LogP contribution >= 0.6 is 22.9 Å². The molecule has 17 heavy (non-hydrogen) atoms. The third-order valence-electron chi connectivity index (χ3n) is 3.06. The van der Waals surface area contributed by atoms with E-state index < -0.39 is 0 Å². The molecule has 2 aromatic heterocycles. The number of fused-ring (bicyclic) bond motifs is 1. The Morgan fingerprint density at radius 1 is 1.53 bits per heavy atom. The van der Waals surface area contributed by atoms with Crippen molar-refractivity contribution in [1.82, 2.24) is 9.97 Å². The summed E-state index contributed by atoms with van der Waals surface area (Å²) in [6.07, 6.45) is 3.97. The lowest BCUT2D eigenvalue weighted by Gasteiger charge is -2.14. The van der Waals surface area contributed by atoms with Crippen molar-refractivity contribution in [3.63, 3.8) is 0 Å². The lowest BCUT2D eigenvalue weighted by atomic mass is 10.1. The number of anilines is 1. The highest BCUT2D eigenvalue weighted by molar-refractivity contribution is 7.16. The molecule has 1 fully saturated rings. The van der Waals surface area contributed by atoms with E-state index in [1.807, 2.05) is 11.4 Å². The number of hydrogen-bond acceptors (Lipinski definition) is 4. The molecule has 1 aliphatic rings. The van der Waals surface area contributed by atoms with Gasteiger partial charge in [0.2, 0.25) is 5.28 Å². The predicted molar refractivity (Wildman–Crippen MR) is 72.9 cm³/mol. The molecule has 1 saturated carbocycles. The van der Waals surface area contributed by atoms with E-state index in [1.165, 1.54) is 19.3 Å². The van der Waals surface area contributed by atoms with Crippen LogP contribution in [0.1, 0.15) is 26.2 Å². The third-order valence-corrected chi connectivity index (χ3v) is 4.04. The molecule has 1 aliphatic carbocycles. The van der Waals surface area contributed by atoms with Gasteiger partial charge in [0.15, 0.2) is 0 Å². The van der Waals surface area contributed by atoms with Crippen molar-refractivity contribution < 1.29 is 0 Å². The fourth-order valence-electron chi connectivity index (χ4n) is 2.09. The van der Waals surface area contributed by atoms with Crippen LogP contribution in [0.4, 0.5) is 5.82 Å². The molecule has 2 aromatic rings. The summed E-state index contributed by atoms with van der Waals surface area (Å²) >= 11 is 7.52. The summed E-state index contributed by atoms with van der Waals surface area (Å²) in [4.78, 5) is 9.45. The van der Waals surface area contributed by atoms with E-state index in [0.29, 0.717) is 11.3 Å². The van der Waals surface area contributed by atoms with Gasteiger partial charge in [-0.05, 0) is 42.3 Å². The number of thiophene rings is 1. The first-order valence-corrected chi connectivity index (χ1v) is 7.15. The molecule has 90 valence electrons. The Hall–Kier alpha value is -0.870. The van der Waals surface area contributed by atoms with E-state index in [9.17, 15) is 0 Å². The topological polar surface area (TPSA) is 37.8 Å². The average molecular weight is 268 g/mol. The molecule has 0 bridgehead atoms. The molecule has 0 amide bonds. The zero-order valence-corrected chi connectivity index (χ0v) is 11.2. The van der Waals surface area contributed by atoms with Gasteiger partial charge in [0.1, 0.15) is 10.6 Å². The number of aromatic nitrogens is 2. The standard InChI is InChI=1S/C12H14ClN3S/c1-7(6-8-2-3-8)14-10-9-4-5-17-11(9)16-12(13)15-10/h4-5,7-8H,2-3,6H2,1H3,(H,14,15,16). The Labute approximate surface area is 109 Å². The largest absolute Gasteiger partial charge is 0.367 e. The summed E-state index contributed by atoms with van der Waals surface area (Å²) in [5.41, 5.74) is 0. The molecule has 5 heteroatoms. The van der Waals surface area contributed by atoms with Gasteiger partial charge in [0, 0.05) is 6.04 Å². The maximum Gasteiger partial charge on any atom is 0.225 e. The number of nitrogens with one attached hydrogen (secondary N) is 1. The van der Waals surface area contributed by atoms with Crippen molar-refractivity contribution in [1.29, 1.82) is 0 Å². The summed E-state index contributed by atoms with van der Waals surface area (Å²) in [6, 6.07) is 2.49. The summed E-state index contributed by atoms with van der Waals surface area (Å²) in [7, 11) is 0. The molecule has 1 unspecified atom stereocenters. The van der Waals surface area contributed by atoms with Crippen molar-refractivity contribution in [2.75, 3.05) is 5.32 Å². The first-order chi connectivity index (χ1) is 8.22. The second-order valence-corrected chi connectivity index (χ2v) is 5.94. The molecule has 0 radical (unpaired) electrons. The Morgan fingerprint density at radius 2 is 2.35 bits per heavy atom. The minimum absolute atomic E-state index is 0.320. The number of hydrogen-bond donors (Lipinski definition) is 1. The second kappa shape index (κ2) is 4.42. The van der Waals surface area contributed by atoms with Crippen LogP contribution in [-0.2, 0) is 0 Å². The Bertz CT molecular complexity index is 536. The number of nitrogens with zero attached hydrogens (tertiary/aromatic N) is 2. The summed E-state index contributed by atoms with van der Waals surface area (Å²) in [5, 5.41) is 6.87.